The zero-order valence-electron chi connectivity index (χ0n) is 11.8. The standard InChI is InChI=1S/C14H18ClN3O2/c1-14(2,19)9-18(3)8-12-16-13(20-17-12)10-6-4-5-7-11(10)15/h4-7,19H,8-9H2,1-3H3. The quantitative estimate of drug-likeness (QED) is 0.918. The molecular weight excluding hydrogens is 278 g/mol. The first-order valence-corrected chi connectivity index (χ1v) is 6.71. The van der Waals surface area contributed by atoms with Gasteiger partial charge in [-0.25, -0.2) is 0 Å². The van der Waals surface area contributed by atoms with E-state index in [1.165, 1.54) is 0 Å². The van der Waals surface area contributed by atoms with Crippen LogP contribution >= 0.6 is 11.6 Å². The van der Waals surface area contributed by atoms with Crippen LogP contribution in [0.5, 0.6) is 0 Å². The van der Waals surface area contributed by atoms with Gasteiger partial charge in [0.25, 0.3) is 5.89 Å². The van der Waals surface area contributed by atoms with Gasteiger partial charge >= 0.3 is 0 Å². The van der Waals surface area contributed by atoms with Crippen LogP contribution in [0.15, 0.2) is 28.8 Å². The third kappa shape index (κ3) is 4.03. The third-order valence-corrected chi connectivity index (χ3v) is 2.97. The number of hydrogen-bond donors (Lipinski definition) is 1. The van der Waals surface area contributed by atoms with Crippen LogP contribution in [0, 0.1) is 0 Å². The van der Waals surface area contributed by atoms with Crippen molar-refractivity contribution < 1.29 is 9.63 Å². The monoisotopic (exact) mass is 295 g/mol. The Morgan fingerprint density at radius 1 is 1.35 bits per heavy atom. The predicted molar refractivity (Wildman–Crippen MR) is 77.4 cm³/mol. The van der Waals surface area contributed by atoms with Gasteiger partial charge in [0.1, 0.15) is 0 Å². The van der Waals surface area contributed by atoms with Crippen molar-refractivity contribution in [1.82, 2.24) is 15.0 Å². The molecule has 2 rings (SSSR count). The molecule has 0 bridgehead atoms. The largest absolute Gasteiger partial charge is 0.389 e. The molecule has 0 aliphatic heterocycles. The second-order valence-electron chi connectivity index (χ2n) is 5.48. The van der Waals surface area contributed by atoms with Crippen LogP contribution in [0.1, 0.15) is 19.7 Å². The molecule has 1 aromatic heterocycles. The van der Waals surface area contributed by atoms with E-state index in [0.29, 0.717) is 29.8 Å². The summed E-state index contributed by atoms with van der Waals surface area (Å²) in [6.07, 6.45) is 0. The lowest BCUT2D eigenvalue weighted by atomic mass is 10.1. The fourth-order valence-electron chi connectivity index (χ4n) is 2.02. The summed E-state index contributed by atoms with van der Waals surface area (Å²) in [5.74, 6) is 0.967. The van der Waals surface area contributed by atoms with E-state index in [0.717, 1.165) is 5.56 Å². The van der Waals surface area contributed by atoms with Gasteiger partial charge in [0.05, 0.1) is 22.7 Å². The Morgan fingerprint density at radius 2 is 2.05 bits per heavy atom. The first-order valence-electron chi connectivity index (χ1n) is 6.33. The summed E-state index contributed by atoms with van der Waals surface area (Å²) in [7, 11) is 1.89. The molecule has 0 atom stereocenters. The van der Waals surface area contributed by atoms with E-state index in [-0.39, 0.29) is 0 Å². The van der Waals surface area contributed by atoms with Gasteiger partial charge in [-0.1, -0.05) is 28.9 Å². The van der Waals surface area contributed by atoms with Crippen molar-refractivity contribution in [2.24, 2.45) is 0 Å². The van der Waals surface area contributed by atoms with Gasteiger partial charge in [0, 0.05) is 6.54 Å². The zero-order valence-corrected chi connectivity index (χ0v) is 12.6. The maximum atomic E-state index is 9.76. The molecule has 20 heavy (non-hydrogen) atoms. The van der Waals surface area contributed by atoms with Crippen molar-refractivity contribution in [2.45, 2.75) is 26.0 Å². The minimum atomic E-state index is -0.760. The summed E-state index contributed by atoms with van der Waals surface area (Å²) >= 11 is 6.09. The number of benzene rings is 1. The summed E-state index contributed by atoms with van der Waals surface area (Å²) in [4.78, 5) is 6.26. The Hall–Kier alpha value is -1.43. The Labute approximate surface area is 123 Å². The van der Waals surface area contributed by atoms with Gasteiger partial charge < -0.3 is 9.63 Å². The number of aliphatic hydroxyl groups is 1. The summed E-state index contributed by atoms with van der Waals surface area (Å²) in [6.45, 7) is 4.53. The van der Waals surface area contributed by atoms with Crippen molar-refractivity contribution in [3.8, 4) is 11.5 Å². The highest BCUT2D eigenvalue weighted by Crippen LogP contribution is 2.25. The number of likely N-dealkylation sites (N-methyl/N-ethyl adjacent to an activating group) is 1. The molecule has 0 amide bonds. The topological polar surface area (TPSA) is 62.4 Å². The first-order chi connectivity index (χ1) is 9.35. The van der Waals surface area contributed by atoms with Crippen molar-refractivity contribution >= 4 is 11.6 Å². The average molecular weight is 296 g/mol. The SMILES string of the molecule is CN(Cc1noc(-c2ccccc2Cl)n1)CC(C)(C)O. The Kier molecular flexibility index (Phi) is 4.42. The molecule has 1 heterocycles. The molecule has 5 nitrogen and oxygen atoms in total. The molecule has 0 aliphatic carbocycles. The maximum Gasteiger partial charge on any atom is 0.259 e. The van der Waals surface area contributed by atoms with E-state index in [9.17, 15) is 5.11 Å². The van der Waals surface area contributed by atoms with E-state index in [1.54, 1.807) is 19.9 Å². The molecule has 1 N–H and O–H groups in total. The molecular formula is C14H18ClN3O2. The Balaban J connectivity index is 2.08. The molecule has 0 saturated heterocycles. The lowest BCUT2D eigenvalue weighted by molar-refractivity contribution is 0.0416. The van der Waals surface area contributed by atoms with Crippen LogP contribution in [0.3, 0.4) is 0 Å². The van der Waals surface area contributed by atoms with Gasteiger partial charge in [-0.3, -0.25) is 4.90 Å². The van der Waals surface area contributed by atoms with Crippen molar-refractivity contribution in [3.63, 3.8) is 0 Å². The van der Waals surface area contributed by atoms with Crippen LogP contribution in [-0.2, 0) is 6.54 Å². The number of hydrogen-bond acceptors (Lipinski definition) is 5. The molecule has 0 spiro atoms. The van der Waals surface area contributed by atoms with Crippen LogP contribution in [0.25, 0.3) is 11.5 Å². The fraction of sp³-hybridized carbons (Fsp3) is 0.429. The van der Waals surface area contributed by atoms with Crippen LogP contribution in [-0.4, -0.2) is 39.3 Å². The third-order valence-electron chi connectivity index (χ3n) is 2.64. The normalized spacial score (nSPS) is 12.1. The van der Waals surface area contributed by atoms with Gasteiger partial charge in [-0.15, -0.1) is 0 Å². The minimum absolute atomic E-state index is 0.405. The van der Waals surface area contributed by atoms with Crippen LogP contribution < -0.4 is 0 Å². The summed E-state index contributed by atoms with van der Waals surface area (Å²) in [6, 6.07) is 7.33. The maximum absolute atomic E-state index is 9.76. The van der Waals surface area contributed by atoms with E-state index >= 15 is 0 Å². The number of nitrogens with zero attached hydrogens (tertiary/aromatic N) is 3. The first kappa shape index (κ1) is 15.0. The smallest absolute Gasteiger partial charge is 0.259 e. The minimum Gasteiger partial charge on any atom is -0.389 e. The predicted octanol–water partition coefficient (Wildman–Crippen LogP) is 2.59. The van der Waals surface area contributed by atoms with E-state index < -0.39 is 5.60 Å². The second kappa shape index (κ2) is 5.91. The van der Waals surface area contributed by atoms with E-state index in [1.807, 2.05) is 30.1 Å². The molecule has 0 unspecified atom stereocenters. The molecule has 0 fully saturated rings. The molecule has 6 heteroatoms. The second-order valence-corrected chi connectivity index (χ2v) is 5.89. The molecule has 0 aliphatic rings. The molecule has 108 valence electrons. The highest BCUT2D eigenvalue weighted by Gasteiger charge is 2.18. The zero-order chi connectivity index (χ0) is 14.8. The summed E-state index contributed by atoms with van der Waals surface area (Å²) in [5.41, 5.74) is -0.0394. The van der Waals surface area contributed by atoms with Gasteiger partial charge in [0.2, 0.25) is 0 Å². The van der Waals surface area contributed by atoms with Gasteiger partial charge in [0.15, 0.2) is 5.82 Å². The molecule has 0 radical (unpaired) electrons. The number of rotatable bonds is 5. The fourth-order valence-corrected chi connectivity index (χ4v) is 2.24. The molecule has 1 aromatic carbocycles. The molecule has 0 saturated carbocycles. The van der Waals surface area contributed by atoms with Crippen molar-refractivity contribution in [1.29, 1.82) is 0 Å². The van der Waals surface area contributed by atoms with Crippen LogP contribution in [0.2, 0.25) is 5.02 Å². The highest BCUT2D eigenvalue weighted by molar-refractivity contribution is 6.33. The van der Waals surface area contributed by atoms with Crippen LogP contribution in [0.4, 0.5) is 0 Å². The Morgan fingerprint density at radius 3 is 2.70 bits per heavy atom. The van der Waals surface area contributed by atoms with E-state index in [2.05, 4.69) is 10.1 Å². The summed E-state index contributed by atoms with van der Waals surface area (Å²) < 4.78 is 5.23. The lowest BCUT2D eigenvalue weighted by Crippen LogP contribution is -2.36. The number of aromatic nitrogens is 2. The van der Waals surface area contributed by atoms with E-state index in [4.69, 9.17) is 16.1 Å². The van der Waals surface area contributed by atoms with Gasteiger partial charge in [-0.2, -0.15) is 4.98 Å². The van der Waals surface area contributed by atoms with Crippen molar-refractivity contribution in [3.05, 3.63) is 35.1 Å². The van der Waals surface area contributed by atoms with Gasteiger partial charge in [-0.05, 0) is 33.0 Å². The molecule has 2 aromatic rings. The van der Waals surface area contributed by atoms with Crippen molar-refractivity contribution in [2.75, 3.05) is 13.6 Å². The highest BCUT2D eigenvalue weighted by atomic mass is 35.5. The summed E-state index contributed by atoms with van der Waals surface area (Å²) in [5, 5.41) is 14.3. The lowest BCUT2D eigenvalue weighted by Gasteiger charge is -2.24. The Bertz CT molecular complexity index is 578. The average Bonchev–Trinajstić information content (AvgIpc) is 2.75. The number of halogens is 1.